The zero-order valence-electron chi connectivity index (χ0n) is 13.3. The van der Waals surface area contributed by atoms with Gasteiger partial charge in [-0.25, -0.2) is 0 Å². The van der Waals surface area contributed by atoms with Crippen LogP contribution in [0.15, 0.2) is 42.5 Å². The molecule has 126 valence electrons. The molecule has 2 N–H and O–H groups in total. The highest BCUT2D eigenvalue weighted by Gasteiger charge is 2.23. The van der Waals surface area contributed by atoms with Gasteiger partial charge in [0.25, 0.3) is 5.91 Å². The van der Waals surface area contributed by atoms with Crippen LogP contribution in [0.4, 0.5) is 17.1 Å². The van der Waals surface area contributed by atoms with Gasteiger partial charge in [-0.15, -0.1) is 0 Å². The minimum atomic E-state index is -0.329. The Balaban J connectivity index is 1.61. The molecule has 1 heterocycles. The Kier molecular flexibility index (Phi) is 5.23. The summed E-state index contributed by atoms with van der Waals surface area (Å²) in [5.74, 6) is 0.546. The Hall–Kier alpha value is -2.24. The van der Waals surface area contributed by atoms with Crippen molar-refractivity contribution in [1.82, 2.24) is 0 Å². The molecule has 1 aliphatic rings. The molecule has 6 heteroatoms. The van der Waals surface area contributed by atoms with E-state index in [1.807, 2.05) is 30.3 Å². The number of ether oxygens (including phenoxy) is 2. The predicted molar refractivity (Wildman–Crippen MR) is 95.3 cm³/mol. The van der Waals surface area contributed by atoms with Crippen molar-refractivity contribution in [3.63, 3.8) is 0 Å². The number of hydrogen-bond donors (Lipinski definition) is 2. The molecule has 5 nitrogen and oxygen atoms in total. The molecular formula is C18H19ClN2O3. The molecule has 1 unspecified atom stereocenters. The number of anilines is 3. The van der Waals surface area contributed by atoms with Gasteiger partial charge >= 0.3 is 0 Å². The summed E-state index contributed by atoms with van der Waals surface area (Å²) in [5, 5.41) is 6.67. The van der Waals surface area contributed by atoms with Crippen molar-refractivity contribution in [1.29, 1.82) is 0 Å². The first kappa shape index (κ1) is 16.6. The van der Waals surface area contributed by atoms with Crippen LogP contribution in [-0.2, 0) is 9.53 Å². The summed E-state index contributed by atoms with van der Waals surface area (Å²) in [6, 6.07) is 13.0. The number of hydrogen-bond acceptors (Lipinski definition) is 4. The largest absolute Gasteiger partial charge is 0.495 e. The van der Waals surface area contributed by atoms with Gasteiger partial charge in [-0.1, -0.05) is 11.6 Å². The van der Waals surface area contributed by atoms with E-state index in [0.29, 0.717) is 17.4 Å². The number of carbonyl (C=O) groups is 1. The van der Waals surface area contributed by atoms with Gasteiger partial charge in [0.2, 0.25) is 0 Å². The molecule has 0 aliphatic carbocycles. The number of benzene rings is 2. The van der Waals surface area contributed by atoms with Crippen LogP contribution >= 0.6 is 11.6 Å². The van der Waals surface area contributed by atoms with Crippen molar-refractivity contribution in [2.45, 2.75) is 18.9 Å². The van der Waals surface area contributed by atoms with Crippen molar-refractivity contribution in [2.75, 3.05) is 24.4 Å². The van der Waals surface area contributed by atoms with Crippen LogP contribution in [-0.4, -0.2) is 25.7 Å². The normalized spacial score (nSPS) is 16.7. The van der Waals surface area contributed by atoms with E-state index in [2.05, 4.69) is 10.6 Å². The Bertz CT molecular complexity index is 713. The van der Waals surface area contributed by atoms with Crippen molar-refractivity contribution < 1.29 is 14.3 Å². The maximum atomic E-state index is 12.0. The van der Waals surface area contributed by atoms with Crippen LogP contribution < -0.4 is 15.4 Å². The van der Waals surface area contributed by atoms with Gasteiger partial charge in [0.05, 0.1) is 12.1 Å². The highest BCUT2D eigenvalue weighted by atomic mass is 35.5. The molecule has 0 bridgehead atoms. The number of carbonyl (C=O) groups excluding carboxylic acids is 1. The lowest BCUT2D eigenvalue weighted by atomic mass is 10.2. The van der Waals surface area contributed by atoms with Crippen LogP contribution in [0, 0.1) is 0 Å². The zero-order valence-corrected chi connectivity index (χ0v) is 14.1. The summed E-state index contributed by atoms with van der Waals surface area (Å²) in [7, 11) is 1.58. The Labute approximate surface area is 145 Å². The van der Waals surface area contributed by atoms with Crippen molar-refractivity contribution in [3.8, 4) is 5.75 Å². The van der Waals surface area contributed by atoms with Gasteiger partial charge in [0.1, 0.15) is 11.9 Å². The lowest BCUT2D eigenvalue weighted by molar-refractivity contribution is -0.124. The molecule has 0 spiro atoms. The van der Waals surface area contributed by atoms with Gasteiger partial charge in [-0.2, -0.15) is 0 Å². The lowest BCUT2D eigenvalue weighted by Gasteiger charge is -2.12. The second-order valence-electron chi connectivity index (χ2n) is 5.54. The topological polar surface area (TPSA) is 59.6 Å². The highest BCUT2D eigenvalue weighted by molar-refractivity contribution is 6.32. The quantitative estimate of drug-likeness (QED) is 0.851. The minimum Gasteiger partial charge on any atom is -0.495 e. The molecule has 0 aromatic heterocycles. The van der Waals surface area contributed by atoms with E-state index in [9.17, 15) is 4.79 Å². The zero-order chi connectivity index (χ0) is 16.9. The number of rotatable bonds is 5. The van der Waals surface area contributed by atoms with E-state index in [1.54, 1.807) is 19.2 Å². The molecule has 1 atom stereocenters. The fraction of sp³-hybridized carbons (Fsp3) is 0.278. The predicted octanol–water partition coefficient (Wildman–Crippen LogP) is 4.21. The van der Waals surface area contributed by atoms with Crippen LogP contribution in [0.3, 0.4) is 0 Å². The lowest BCUT2D eigenvalue weighted by Crippen LogP contribution is -2.26. The SMILES string of the molecule is COc1ccc(Nc2ccc(NC(=O)C3CCCO3)cc2)cc1Cl. The number of methoxy groups -OCH3 is 1. The first-order valence-electron chi connectivity index (χ1n) is 7.79. The summed E-state index contributed by atoms with van der Waals surface area (Å²) in [6.07, 6.45) is 1.39. The summed E-state index contributed by atoms with van der Waals surface area (Å²) in [4.78, 5) is 12.0. The molecular weight excluding hydrogens is 328 g/mol. The van der Waals surface area contributed by atoms with Gasteiger partial charge in [0.15, 0.2) is 0 Å². The average molecular weight is 347 g/mol. The van der Waals surface area contributed by atoms with Crippen molar-refractivity contribution >= 4 is 34.6 Å². The maximum absolute atomic E-state index is 12.0. The first-order valence-corrected chi connectivity index (χ1v) is 8.16. The second-order valence-corrected chi connectivity index (χ2v) is 5.95. The molecule has 24 heavy (non-hydrogen) atoms. The van der Waals surface area contributed by atoms with E-state index in [4.69, 9.17) is 21.1 Å². The first-order chi connectivity index (χ1) is 11.7. The summed E-state index contributed by atoms with van der Waals surface area (Å²) in [5.41, 5.74) is 2.50. The third kappa shape index (κ3) is 3.99. The van der Waals surface area contributed by atoms with Crippen LogP contribution in [0.5, 0.6) is 5.75 Å². The van der Waals surface area contributed by atoms with Crippen molar-refractivity contribution in [3.05, 3.63) is 47.5 Å². The number of amides is 1. The van der Waals surface area contributed by atoms with Gasteiger partial charge in [-0.05, 0) is 55.3 Å². The monoisotopic (exact) mass is 346 g/mol. The smallest absolute Gasteiger partial charge is 0.253 e. The van der Waals surface area contributed by atoms with E-state index in [1.165, 1.54) is 0 Å². The van der Waals surface area contributed by atoms with E-state index >= 15 is 0 Å². The number of nitrogens with one attached hydrogen (secondary N) is 2. The van der Waals surface area contributed by atoms with Crippen LogP contribution in [0.1, 0.15) is 12.8 Å². The molecule has 0 saturated carbocycles. The third-order valence-corrected chi connectivity index (χ3v) is 4.11. The molecule has 1 fully saturated rings. The van der Waals surface area contributed by atoms with Gasteiger partial charge in [0, 0.05) is 23.7 Å². The van der Waals surface area contributed by atoms with Gasteiger partial charge in [-0.3, -0.25) is 4.79 Å². The summed E-state index contributed by atoms with van der Waals surface area (Å²) >= 11 is 6.12. The molecule has 2 aromatic rings. The van der Waals surface area contributed by atoms with Crippen LogP contribution in [0.25, 0.3) is 0 Å². The molecule has 3 rings (SSSR count). The Morgan fingerprint density at radius 2 is 1.88 bits per heavy atom. The Morgan fingerprint density at radius 1 is 1.17 bits per heavy atom. The highest BCUT2D eigenvalue weighted by Crippen LogP contribution is 2.29. The summed E-state index contributed by atoms with van der Waals surface area (Å²) < 4.78 is 10.5. The molecule has 1 aliphatic heterocycles. The fourth-order valence-corrected chi connectivity index (χ4v) is 2.81. The second kappa shape index (κ2) is 7.55. The average Bonchev–Trinajstić information content (AvgIpc) is 3.11. The molecule has 0 radical (unpaired) electrons. The van der Waals surface area contributed by atoms with Crippen molar-refractivity contribution in [2.24, 2.45) is 0 Å². The van der Waals surface area contributed by atoms with Crippen LogP contribution in [0.2, 0.25) is 5.02 Å². The van der Waals surface area contributed by atoms with E-state index in [0.717, 1.165) is 29.9 Å². The standard InChI is InChI=1S/C18H19ClN2O3/c1-23-16-9-8-14(11-15(16)19)20-12-4-6-13(7-5-12)21-18(22)17-3-2-10-24-17/h4-9,11,17,20H,2-3,10H2,1H3,(H,21,22). The maximum Gasteiger partial charge on any atom is 0.253 e. The molecule has 1 saturated heterocycles. The van der Waals surface area contributed by atoms with Gasteiger partial charge < -0.3 is 20.1 Å². The summed E-state index contributed by atoms with van der Waals surface area (Å²) in [6.45, 7) is 0.658. The molecule has 2 aromatic carbocycles. The fourth-order valence-electron chi connectivity index (χ4n) is 2.55. The van der Waals surface area contributed by atoms with E-state index < -0.39 is 0 Å². The Morgan fingerprint density at radius 3 is 2.50 bits per heavy atom. The minimum absolute atomic E-state index is 0.0878. The third-order valence-electron chi connectivity index (χ3n) is 3.82. The van der Waals surface area contributed by atoms with E-state index in [-0.39, 0.29) is 12.0 Å². The molecule has 1 amide bonds. The number of halogens is 1.